The summed E-state index contributed by atoms with van der Waals surface area (Å²) in [6, 6.07) is 0. The van der Waals surface area contributed by atoms with Gasteiger partial charge in [0, 0.05) is 13.1 Å². The van der Waals surface area contributed by atoms with Crippen LogP contribution in [0.2, 0.25) is 5.02 Å². The van der Waals surface area contributed by atoms with E-state index in [1.807, 2.05) is 0 Å². The van der Waals surface area contributed by atoms with Crippen LogP contribution < -0.4 is 10.9 Å². The summed E-state index contributed by atoms with van der Waals surface area (Å²) in [7, 11) is 0. The molecule has 0 saturated carbocycles. The summed E-state index contributed by atoms with van der Waals surface area (Å²) >= 11 is 6.15. The van der Waals surface area contributed by atoms with E-state index >= 15 is 0 Å². The lowest BCUT2D eigenvalue weighted by atomic mass is 9.97. The van der Waals surface area contributed by atoms with Gasteiger partial charge in [-0.15, -0.1) is 0 Å². The third-order valence-electron chi connectivity index (χ3n) is 3.85. The number of hydrogen-bond acceptors (Lipinski definition) is 3. The summed E-state index contributed by atoms with van der Waals surface area (Å²) in [5.41, 5.74) is 1.95. The fourth-order valence-corrected chi connectivity index (χ4v) is 2.76. The van der Waals surface area contributed by atoms with Crippen molar-refractivity contribution >= 4 is 17.3 Å². The first-order valence-electron chi connectivity index (χ1n) is 7.89. The number of aromatic nitrogens is 2. The Morgan fingerprint density at radius 2 is 2.29 bits per heavy atom. The van der Waals surface area contributed by atoms with Crippen molar-refractivity contribution in [2.45, 2.75) is 58.4 Å². The molecule has 2 rings (SSSR count). The van der Waals surface area contributed by atoms with E-state index in [4.69, 9.17) is 11.6 Å². The van der Waals surface area contributed by atoms with Crippen LogP contribution in [0, 0.1) is 0 Å². The second-order valence-corrected chi connectivity index (χ2v) is 5.92. The number of anilines is 1. The molecule has 1 N–H and O–H groups in total. The van der Waals surface area contributed by atoms with Crippen LogP contribution >= 0.6 is 11.6 Å². The first-order valence-corrected chi connectivity index (χ1v) is 8.27. The first kappa shape index (κ1) is 16.1. The normalized spacial score (nSPS) is 14.9. The molecule has 0 saturated heterocycles. The SMILES string of the molecule is CCCCn1ncc(NCCC2=CCCCC2)c(Cl)c1=O. The Kier molecular flexibility index (Phi) is 6.30. The molecule has 21 heavy (non-hydrogen) atoms. The number of nitrogens with one attached hydrogen (secondary N) is 1. The minimum absolute atomic E-state index is 0.202. The molecule has 0 unspecified atom stereocenters. The predicted molar refractivity (Wildman–Crippen MR) is 88.1 cm³/mol. The van der Waals surface area contributed by atoms with E-state index in [-0.39, 0.29) is 10.6 Å². The Labute approximate surface area is 131 Å². The highest BCUT2D eigenvalue weighted by Crippen LogP contribution is 2.21. The van der Waals surface area contributed by atoms with Gasteiger partial charge in [-0.1, -0.05) is 36.6 Å². The first-order chi connectivity index (χ1) is 10.2. The fraction of sp³-hybridized carbons (Fsp3) is 0.625. The molecule has 0 atom stereocenters. The average molecular weight is 310 g/mol. The quantitative estimate of drug-likeness (QED) is 0.774. The standard InChI is InChI=1S/C16H24ClN3O/c1-2-3-11-20-16(21)15(17)14(12-19-20)18-10-9-13-7-5-4-6-8-13/h7,12,18H,2-6,8-11H2,1H3. The van der Waals surface area contributed by atoms with Crippen molar-refractivity contribution in [1.82, 2.24) is 9.78 Å². The van der Waals surface area contributed by atoms with Crippen molar-refractivity contribution in [3.8, 4) is 0 Å². The maximum Gasteiger partial charge on any atom is 0.287 e. The Morgan fingerprint density at radius 3 is 3.00 bits per heavy atom. The third kappa shape index (κ3) is 4.60. The van der Waals surface area contributed by atoms with Gasteiger partial charge in [-0.25, -0.2) is 4.68 Å². The molecule has 1 aliphatic carbocycles. The number of allylic oxidation sites excluding steroid dienone is 1. The van der Waals surface area contributed by atoms with Gasteiger partial charge in [-0.05, 0) is 38.5 Å². The number of halogens is 1. The van der Waals surface area contributed by atoms with Gasteiger partial charge in [0.1, 0.15) is 5.02 Å². The van der Waals surface area contributed by atoms with Gasteiger partial charge < -0.3 is 5.32 Å². The zero-order chi connectivity index (χ0) is 15.1. The van der Waals surface area contributed by atoms with Crippen LogP contribution in [0.5, 0.6) is 0 Å². The molecule has 0 bridgehead atoms. The predicted octanol–water partition coefficient (Wildman–Crippen LogP) is 4.00. The molecule has 0 aliphatic heterocycles. The monoisotopic (exact) mass is 309 g/mol. The maximum absolute atomic E-state index is 12.1. The molecular formula is C16H24ClN3O. The smallest absolute Gasteiger partial charge is 0.287 e. The van der Waals surface area contributed by atoms with Crippen LogP contribution in [0.4, 0.5) is 5.69 Å². The molecule has 5 heteroatoms. The topological polar surface area (TPSA) is 46.9 Å². The second-order valence-electron chi connectivity index (χ2n) is 5.54. The number of aryl methyl sites for hydroxylation is 1. The van der Waals surface area contributed by atoms with Crippen molar-refractivity contribution in [3.63, 3.8) is 0 Å². The maximum atomic E-state index is 12.1. The van der Waals surface area contributed by atoms with Gasteiger partial charge >= 0.3 is 0 Å². The molecule has 1 aromatic heterocycles. The van der Waals surface area contributed by atoms with Crippen LogP contribution in [0.25, 0.3) is 0 Å². The van der Waals surface area contributed by atoms with Gasteiger partial charge in [-0.3, -0.25) is 4.79 Å². The van der Waals surface area contributed by atoms with E-state index < -0.39 is 0 Å². The van der Waals surface area contributed by atoms with Crippen LogP contribution in [0.15, 0.2) is 22.6 Å². The highest BCUT2D eigenvalue weighted by molar-refractivity contribution is 6.32. The molecule has 0 aromatic carbocycles. The highest BCUT2D eigenvalue weighted by Gasteiger charge is 2.09. The van der Waals surface area contributed by atoms with Gasteiger partial charge in [0.25, 0.3) is 5.56 Å². The van der Waals surface area contributed by atoms with E-state index in [0.717, 1.165) is 25.8 Å². The number of unbranched alkanes of at least 4 members (excludes halogenated alkanes) is 1. The molecule has 1 aliphatic rings. The van der Waals surface area contributed by atoms with Crippen LogP contribution in [-0.2, 0) is 6.54 Å². The molecule has 4 nitrogen and oxygen atoms in total. The van der Waals surface area contributed by atoms with E-state index in [0.29, 0.717) is 12.2 Å². The minimum atomic E-state index is -0.202. The molecular weight excluding hydrogens is 286 g/mol. The Hall–Kier alpha value is -1.29. The van der Waals surface area contributed by atoms with Crippen molar-refractivity contribution in [2.75, 3.05) is 11.9 Å². The van der Waals surface area contributed by atoms with Crippen LogP contribution in [0.1, 0.15) is 51.9 Å². The van der Waals surface area contributed by atoms with Crippen LogP contribution in [0.3, 0.4) is 0 Å². The van der Waals surface area contributed by atoms with Gasteiger partial charge in [0.15, 0.2) is 0 Å². The molecule has 1 aromatic rings. The molecule has 0 spiro atoms. The van der Waals surface area contributed by atoms with E-state index in [1.54, 1.807) is 6.20 Å². The van der Waals surface area contributed by atoms with E-state index in [2.05, 4.69) is 23.4 Å². The number of hydrogen-bond donors (Lipinski definition) is 1. The average Bonchev–Trinajstić information content (AvgIpc) is 2.52. The summed E-state index contributed by atoms with van der Waals surface area (Å²) in [4.78, 5) is 12.1. The largest absolute Gasteiger partial charge is 0.382 e. The summed E-state index contributed by atoms with van der Waals surface area (Å²) in [6.45, 7) is 3.51. The minimum Gasteiger partial charge on any atom is -0.382 e. The molecule has 0 radical (unpaired) electrons. The zero-order valence-corrected chi connectivity index (χ0v) is 13.5. The van der Waals surface area contributed by atoms with E-state index in [9.17, 15) is 4.79 Å². The molecule has 0 fully saturated rings. The van der Waals surface area contributed by atoms with Crippen molar-refractivity contribution in [2.24, 2.45) is 0 Å². The van der Waals surface area contributed by atoms with Crippen LogP contribution in [-0.4, -0.2) is 16.3 Å². The lowest BCUT2D eigenvalue weighted by Crippen LogP contribution is -2.24. The Bertz CT molecular complexity index is 551. The Balaban J connectivity index is 1.92. The van der Waals surface area contributed by atoms with Crippen molar-refractivity contribution < 1.29 is 0 Å². The lowest BCUT2D eigenvalue weighted by molar-refractivity contribution is 0.543. The molecule has 1 heterocycles. The van der Waals surface area contributed by atoms with Crippen molar-refractivity contribution in [1.29, 1.82) is 0 Å². The zero-order valence-electron chi connectivity index (χ0n) is 12.7. The Morgan fingerprint density at radius 1 is 1.43 bits per heavy atom. The van der Waals surface area contributed by atoms with Gasteiger partial charge in [0.05, 0.1) is 11.9 Å². The summed E-state index contributed by atoms with van der Waals surface area (Å²) in [5.74, 6) is 0. The summed E-state index contributed by atoms with van der Waals surface area (Å²) in [6.07, 6.45) is 12.0. The lowest BCUT2D eigenvalue weighted by Gasteiger charge is -2.14. The fourth-order valence-electron chi connectivity index (χ4n) is 2.54. The highest BCUT2D eigenvalue weighted by atomic mass is 35.5. The molecule has 0 amide bonds. The third-order valence-corrected chi connectivity index (χ3v) is 4.22. The summed E-state index contributed by atoms with van der Waals surface area (Å²) in [5, 5.41) is 7.67. The summed E-state index contributed by atoms with van der Waals surface area (Å²) < 4.78 is 1.45. The van der Waals surface area contributed by atoms with Gasteiger partial charge in [-0.2, -0.15) is 5.10 Å². The molecule has 116 valence electrons. The van der Waals surface area contributed by atoms with Gasteiger partial charge in [0.2, 0.25) is 0 Å². The second kappa shape index (κ2) is 8.23. The van der Waals surface area contributed by atoms with E-state index in [1.165, 1.54) is 35.9 Å². The number of rotatable bonds is 7. The van der Waals surface area contributed by atoms with Crippen molar-refractivity contribution in [3.05, 3.63) is 33.2 Å². The number of nitrogens with zero attached hydrogens (tertiary/aromatic N) is 2.